The second-order valence-corrected chi connectivity index (χ2v) is 5.99. The van der Waals surface area contributed by atoms with E-state index in [4.69, 9.17) is 16.3 Å². The maximum absolute atomic E-state index is 6.45. The van der Waals surface area contributed by atoms with E-state index in [-0.39, 0.29) is 11.4 Å². The van der Waals surface area contributed by atoms with E-state index in [0.717, 1.165) is 25.0 Å². The van der Waals surface area contributed by atoms with Crippen molar-refractivity contribution in [2.24, 2.45) is 0 Å². The number of ether oxygens (including phenoxy) is 1. The molecule has 1 aliphatic rings. The van der Waals surface area contributed by atoms with Crippen molar-refractivity contribution in [1.29, 1.82) is 0 Å². The largest absolute Gasteiger partial charge is 0.478 e. The van der Waals surface area contributed by atoms with E-state index < -0.39 is 0 Å². The molecule has 1 heterocycles. The lowest BCUT2D eigenvalue weighted by Gasteiger charge is -2.21. The van der Waals surface area contributed by atoms with Gasteiger partial charge in [0.2, 0.25) is 11.8 Å². The maximum atomic E-state index is 6.45. The highest BCUT2D eigenvalue weighted by Crippen LogP contribution is 2.25. The summed E-state index contributed by atoms with van der Waals surface area (Å²) in [6.07, 6.45) is 6.80. The Morgan fingerprint density at radius 2 is 2.10 bits per heavy atom. The van der Waals surface area contributed by atoms with Crippen LogP contribution < -0.4 is 10.1 Å². The monoisotopic (exact) mass is 297 g/mol. The molecule has 0 aliphatic heterocycles. The van der Waals surface area contributed by atoms with Crippen LogP contribution in [0.1, 0.15) is 51.1 Å². The molecule has 1 N–H and O–H groups in total. The van der Waals surface area contributed by atoms with Gasteiger partial charge in [0.1, 0.15) is 0 Å². The minimum absolute atomic E-state index is 0.154. The lowest BCUT2D eigenvalue weighted by molar-refractivity contribution is 0.304. The summed E-state index contributed by atoms with van der Waals surface area (Å²) in [5, 5.41) is 3.55. The number of alkyl halides is 1. The van der Waals surface area contributed by atoms with E-state index in [1.54, 1.807) is 0 Å². The summed E-state index contributed by atoms with van der Waals surface area (Å²) in [6, 6.07) is 2.12. The summed E-state index contributed by atoms with van der Waals surface area (Å²) >= 11 is 6.45. The predicted molar refractivity (Wildman–Crippen MR) is 82.7 cm³/mol. The fraction of sp³-hybridized carbons (Fsp3) is 0.733. The number of aromatic nitrogens is 2. The van der Waals surface area contributed by atoms with Crippen molar-refractivity contribution in [3.8, 4) is 5.88 Å². The molecule has 1 fully saturated rings. The molecule has 0 aromatic carbocycles. The summed E-state index contributed by atoms with van der Waals surface area (Å²) < 4.78 is 5.59. The number of aryl methyl sites for hydroxylation is 1. The zero-order valence-corrected chi connectivity index (χ0v) is 13.1. The molecule has 1 aliphatic carbocycles. The SMILES string of the molecule is CCCOc1cc(C)nc(NC2CCCCCC2Cl)n1. The zero-order chi connectivity index (χ0) is 14.4. The van der Waals surface area contributed by atoms with Crippen molar-refractivity contribution in [2.45, 2.75) is 63.8 Å². The molecule has 1 aromatic rings. The first kappa shape index (κ1) is 15.4. The fourth-order valence-corrected chi connectivity index (χ4v) is 2.82. The average Bonchev–Trinajstić information content (AvgIpc) is 2.61. The summed E-state index contributed by atoms with van der Waals surface area (Å²) in [6.45, 7) is 4.71. The molecular weight excluding hydrogens is 274 g/mol. The number of nitrogens with zero attached hydrogens (tertiary/aromatic N) is 2. The third-order valence-electron chi connectivity index (χ3n) is 3.53. The molecule has 2 atom stereocenters. The Morgan fingerprint density at radius 1 is 1.30 bits per heavy atom. The molecule has 112 valence electrons. The van der Waals surface area contributed by atoms with Crippen molar-refractivity contribution in [3.63, 3.8) is 0 Å². The molecule has 4 nitrogen and oxygen atoms in total. The Kier molecular flexibility index (Phi) is 5.89. The topological polar surface area (TPSA) is 47.0 Å². The minimum atomic E-state index is 0.154. The number of hydrogen-bond acceptors (Lipinski definition) is 4. The van der Waals surface area contributed by atoms with E-state index >= 15 is 0 Å². The molecular formula is C15H24ClN3O. The fourth-order valence-electron chi connectivity index (χ4n) is 2.48. The van der Waals surface area contributed by atoms with E-state index in [2.05, 4.69) is 22.2 Å². The van der Waals surface area contributed by atoms with Crippen LogP contribution in [0, 0.1) is 6.92 Å². The standard InChI is InChI=1S/C15H24ClN3O/c1-3-9-20-14-10-11(2)17-15(19-14)18-13-8-6-4-5-7-12(13)16/h10,12-13H,3-9H2,1-2H3,(H,17,18,19). The lowest BCUT2D eigenvalue weighted by Crippen LogP contribution is -2.29. The Hall–Kier alpha value is -1.03. The van der Waals surface area contributed by atoms with Gasteiger partial charge in [0.05, 0.1) is 12.0 Å². The maximum Gasteiger partial charge on any atom is 0.226 e. The molecule has 5 heteroatoms. The quantitative estimate of drug-likeness (QED) is 0.661. The van der Waals surface area contributed by atoms with Crippen molar-refractivity contribution in [1.82, 2.24) is 9.97 Å². The third kappa shape index (κ3) is 4.51. The van der Waals surface area contributed by atoms with Gasteiger partial charge >= 0.3 is 0 Å². The van der Waals surface area contributed by atoms with Crippen molar-refractivity contribution in [3.05, 3.63) is 11.8 Å². The molecule has 1 saturated carbocycles. The molecule has 0 amide bonds. The van der Waals surface area contributed by atoms with Crippen LogP contribution in [0.15, 0.2) is 6.07 Å². The van der Waals surface area contributed by atoms with Crippen molar-refractivity contribution < 1.29 is 4.74 Å². The lowest BCUT2D eigenvalue weighted by atomic mass is 10.1. The van der Waals surface area contributed by atoms with Gasteiger partial charge in [-0.05, 0) is 26.2 Å². The molecule has 2 unspecified atom stereocenters. The van der Waals surface area contributed by atoms with Gasteiger partial charge < -0.3 is 10.1 Å². The van der Waals surface area contributed by atoms with Gasteiger partial charge in [0.25, 0.3) is 0 Å². The van der Waals surface area contributed by atoms with Crippen LogP contribution in [0.5, 0.6) is 5.88 Å². The van der Waals surface area contributed by atoms with Gasteiger partial charge in [0, 0.05) is 17.8 Å². The van der Waals surface area contributed by atoms with E-state index in [1.807, 2.05) is 13.0 Å². The van der Waals surface area contributed by atoms with E-state index in [0.29, 0.717) is 18.4 Å². The van der Waals surface area contributed by atoms with E-state index in [1.165, 1.54) is 19.3 Å². The van der Waals surface area contributed by atoms with Crippen LogP contribution in [0.4, 0.5) is 5.95 Å². The van der Waals surface area contributed by atoms with Crippen molar-refractivity contribution in [2.75, 3.05) is 11.9 Å². The highest BCUT2D eigenvalue weighted by Gasteiger charge is 2.22. The summed E-state index contributed by atoms with van der Waals surface area (Å²) in [7, 11) is 0. The number of nitrogens with one attached hydrogen (secondary N) is 1. The van der Waals surface area contributed by atoms with E-state index in [9.17, 15) is 0 Å². The molecule has 0 spiro atoms. The summed E-state index contributed by atoms with van der Waals surface area (Å²) in [5.41, 5.74) is 0.911. The van der Waals surface area contributed by atoms with Crippen LogP contribution in [-0.4, -0.2) is 28.0 Å². The highest BCUT2D eigenvalue weighted by atomic mass is 35.5. The average molecular weight is 298 g/mol. The Balaban J connectivity index is 2.05. The van der Waals surface area contributed by atoms with Gasteiger partial charge in [-0.3, -0.25) is 0 Å². The van der Waals surface area contributed by atoms with Crippen LogP contribution in [0.3, 0.4) is 0 Å². The normalized spacial score (nSPS) is 23.1. The Bertz CT molecular complexity index is 428. The van der Waals surface area contributed by atoms with Gasteiger partial charge in [-0.1, -0.05) is 26.2 Å². The third-order valence-corrected chi connectivity index (χ3v) is 4.05. The molecule has 0 radical (unpaired) electrons. The van der Waals surface area contributed by atoms with Gasteiger partial charge in [0.15, 0.2) is 0 Å². The highest BCUT2D eigenvalue weighted by molar-refractivity contribution is 6.21. The predicted octanol–water partition coefficient (Wildman–Crippen LogP) is 3.93. The molecule has 2 rings (SSSR count). The van der Waals surface area contributed by atoms with Crippen LogP contribution in [-0.2, 0) is 0 Å². The number of halogens is 1. The summed E-state index contributed by atoms with van der Waals surface area (Å²) in [5.74, 6) is 1.27. The first-order valence-electron chi connectivity index (χ1n) is 7.58. The zero-order valence-electron chi connectivity index (χ0n) is 12.4. The second kappa shape index (κ2) is 7.67. The van der Waals surface area contributed by atoms with Crippen molar-refractivity contribution >= 4 is 17.5 Å². The number of rotatable bonds is 5. The van der Waals surface area contributed by atoms with Gasteiger partial charge in [-0.15, -0.1) is 11.6 Å². The van der Waals surface area contributed by atoms with Crippen LogP contribution in [0.25, 0.3) is 0 Å². The first-order chi connectivity index (χ1) is 9.69. The number of anilines is 1. The molecule has 0 saturated heterocycles. The van der Waals surface area contributed by atoms with Crippen LogP contribution >= 0.6 is 11.6 Å². The Labute approximate surface area is 126 Å². The van der Waals surface area contributed by atoms with Crippen LogP contribution in [0.2, 0.25) is 0 Å². The van der Waals surface area contributed by atoms with Gasteiger partial charge in [-0.2, -0.15) is 4.98 Å². The minimum Gasteiger partial charge on any atom is -0.478 e. The summed E-state index contributed by atoms with van der Waals surface area (Å²) in [4.78, 5) is 8.87. The molecule has 0 bridgehead atoms. The second-order valence-electron chi connectivity index (χ2n) is 5.42. The molecule has 1 aromatic heterocycles. The number of hydrogen-bond donors (Lipinski definition) is 1. The Morgan fingerprint density at radius 3 is 2.90 bits per heavy atom. The van der Waals surface area contributed by atoms with Gasteiger partial charge in [-0.25, -0.2) is 4.98 Å². The first-order valence-corrected chi connectivity index (χ1v) is 8.01. The molecule has 20 heavy (non-hydrogen) atoms. The smallest absolute Gasteiger partial charge is 0.226 e.